The molecule has 0 saturated carbocycles. The molecule has 5 heteroatoms. The molecule has 0 spiro atoms. The number of rotatable bonds is 6. The highest BCUT2D eigenvalue weighted by atomic mass is 35.5. The van der Waals surface area contributed by atoms with Crippen molar-refractivity contribution < 1.29 is 9.47 Å². The summed E-state index contributed by atoms with van der Waals surface area (Å²) in [6, 6.07) is 9.36. The highest BCUT2D eigenvalue weighted by molar-refractivity contribution is 6.31. The molecule has 0 aliphatic heterocycles. The Morgan fingerprint density at radius 1 is 1.25 bits per heavy atom. The number of aromatic nitrogens is 1. The number of nitrogens with zero attached hydrogens (tertiary/aromatic N) is 1. The Balaban J connectivity index is 2.17. The van der Waals surface area contributed by atoms with E-state index in [0.717, 1.165) is 17.0 Å². The van der Waals surface area contributed by atoms with Crippen LogP contribution in [0.3, 0.4) is 0 Å². The molecule has 1 heterocycles. The van der Waals surface area contributed by atoms with Gasteiger partial charge in [-0.2, -0.15) is 0 Å². The molecule has 20 heavy (non-hydrogen) atoms. The van der Waals surface area contributed by atoms with Crippen molar-refractivity contribution in [2.75, 3.05) is 19.0 Å². The number of anilines is 1. The summed E-state index contributed by atoms with van der Waals surface area (Å²) < 4.78 is 10.8. The van der Waals surface area contributed by atoms with Crippen molar-refractivity contribution in [2.24, 2.45) is 0 Å². The van der Waals surface area contributed by atoms with E-state index in [9.17, 15) is 0 Å². The zero-order valence-corrected chi connectivity index (χ0v) is 12.3. The second kappa shape index (κ2) is 7.01. The average Bonchev–Trinajstić information content (AvgIpc) is 2.47. The molecule has 2 rings (SSSR count). The van der Waals surface area contributed by atoms with Crippen molar-refractivity contribution in [1.29, 1.82) is 0 Å². The molecule has 0 atom stereocenters. The molecule has 1 aromatic carbocycles. The zero-order chi connectivity index (χ0) is 14.4. The third kappa shape index (κ3) is 3.33. The third-order valence-electron chi connectivity index (χ3n) is 2.80. The number of methoxy groups -OCH3 is 1. The van der Waals surface area contributed by atoms with Crippen LogP contribution in [0.4, 0.5) is 5.69 Å². The van der Waals surface area contributed by atoms with E-state index < -0.39 is 0 Å². The predicted molar refractivity (Wildman–Crippen MR) is 80.7 cm³/mol. The smallest absolute Gasteiger partial charge is 0.237 e. The quantitative estimate of drug-likeness (QED) is 0.880. The molecule has 0 radical (unpaired) electrons. The molecule has 0 bridgehead atoms. The first kappa shape index (κ1) is 14.5. The number of halogens is 1. The lowest BCUT2D eigenvalue weighted by Crippen LogP contribution is -2.05. The van der Waals surface area contributed by atoms with E-state index in [-0.39, 0.29) is 0 Å². The first-order chi connectivity index (χ1) is 9.76. The van der Waals surface area contributed by atoms with Gasteiger partial charge in [0.1, 0.15) is 5.75 Å². The summed E-state index contributed by atoms with van der Waals surface area (Å²) in [6.45, 7) is 3.03. The summed E-state index contributed by atoms with van der Waals surface area (Å²) >= 11 is 6.21. The Morgan fingerprint density at radius 3 is 2.85 bits per heavy atom. The molecular weight excluding hydrogens is 276 g/mol. The fraction of sp³-hybridized carbons (Fsp3) is 0.267. The minimum atomic E-state index is 0.536. The van der Waals surface area contributed by atoms with E-state index in [1.165, 1.54) is 0 Å². The molecule has 1 N–H and O–H groups in total. The normalized spacial score (nSPS) is 10.2. The Kier molecular flexibility index (Phi) is 5.07. The molecule has 1 aromatic heterocycles. The minimum absolute atomic E-state index is 0.536. The van der Waals surface area contributed by atoms with Crippen LogP contribution in [-0.2, 0) is 6.54 Å². The average molecular weight is 293 g/mol. The summed E-state index contributed by atoms with van der Waals surface area (Å²) in [7, 11) is 1.63. The highest BCUT2D eigenvalue weighted by Gasteiger charge is 2.09. The molecule has 0 unspecified atom stereocenters. The maximum Gasteiger partial charge on any atom is 0.237 e. The maximum atomic E-state index is 6.21. The van der Waals surface area contributed by atoms with E-state index >= 15 is 0 Å². The first-order valence-corrected chi connectivity index (χ1v) is 6.77. The van der Waals surface area contributed by atoms with Gasteiger partial charge in [-0.15, -0.1) is 0 Å². The van der Waals surface area contributed by atoms with Crippen molar-refractivity contribution in [3.05, 3.63) is 47.1 Å². The molecule has 106 valence electrons. The van der Waals surface area contributed by atoms with Crippen LogP contribution < -0.4 is 14.8 Å². The molecule has 0 aliphatic carbocycles. The third-order valence-corrected chi connectivity index (χ3v) is 3.16. The van der Waals surface area contributed by atoms with Crippen molar-refractivity contribution in [2.45, 2.75) is 13.5 Å². The van der Waals surface area contributed by atoms with Gasteiger partial charge in [-0.3, -0.25) is 0 Å². The van der Waals surface area contributed by atoms with Crippen LogP contribution in [0.1, 0.15) is 12.5 Å². The molecule has 0 amide bonds. The van der Waals surface area contributed by atoms with Crippen molar-refractivity contribution in [3.63, 3.8) is 0 Å². The lowest BCUT2D eigenvalue weighted by Gasteiger charge is -2.14. The van der Waals surface area contributed by atoms with E-state index in [1.54, 1.807) is 13.3 Å². The summed E-state index contributed by atoms with van der Waals surface area (Å²) in [5.41, 5.74) is 1.74. The van der Waals surface area contributed by atoms with Crippen LogP contribution in [0.5, 0.6) is 11.6 Å². The van der Waals surface area contributed by atoms with E-state index in [2.05, 4.69) is 10.3 Å². The minimum Gasteiger partial charge on any atom is -0.496 e. The van der Waals surface area contributed by atoms with Gasteiger partial charge in [0.2, 0.25) is 5.88 Å². The fourth-order valence-corrected chi connectivity index (χ4v) is 2.10. The van der Waals surface area contributed by atoms with Gasteiger partial charge in [-0.1, -0.05) is 17.7 Å². The van der Waals surface area contributed by atoms with E-state index in [1.807, 2.05) is 37.3 Å². The second-order valence-electron chi connectivity index (χ2n) is 4.06. The summed E-state index contributed by atoms with van der Waals surface area (Å²) in [5.74, 6) is 1.34. The van der Waals surface area contributed by atoms with E-state index in [0.29, 0.717) is 24.1 Å². The van der Waals surface area contributed by atoms with Crippen molar-refractivity contribution >= 4 is 17.3 Å². The van der Waals surface area contributed by atoms with Crippen molar-refractivity contribution in [3.8, 4) is 11.6 Å². The Bertz CT molecular complexity index is 576. The summed E-state index contributed by atoms with van der Waals surface area (Å²) in [5, 5.41) is 3.94. The van der Waals surface area contributed by atoms with Crippen LogP contribution in [0.15, 0.2) is 36.5 Å². The highest BCUT2D eigenvalue weighted by Crippen LogP contribution is 2.28. The maximum absolute atomic E-state index is 6.21. The number of hydrogen-bond acceptors (Lipinski definition) is 4. The van der Waals surface area contributed by atoms with Gasteiger partial charge < -0.3 is 14.8 Å². The van der Waals surface area contributed by atoms with Crippen LogP contribution >= 0.6 is 11.6 Å². The van der Waals surface area contributed by atoms with E-state index in [4.69, 9.17) is 21.1 Å². The Morgan fingerprint density at radius 2 is 2.10 bits per heavy atom. The number of nitrogens with one attached hydrogen (secondary N) is 1. The van der Waals surface area contributed by atoms with Crippen LogP contribution in [0.2, 0.25) is 5.02 Å². The molecule has 0 fully saturated rings. The van der Waals surface area contributed by atoms with Crippen LogP contribution in [0, 0.1) is 0 Å². The Labute approximate surface area is 123 Å². The molecule has 0 saturated heterocycles. The largest absolute Gasteiger partial charge is 0.496 e. The van der Waals surface area contributed by atoms with Crippen molar-refractivity contribution in [1.82, 2.24) is 4.98 Å². The molecular formula is C15H17ClN2O2. The number of pyridine rings is 1. The van der Waals surface area contributed by atoms with Gasteiger partial charge >= 0.3 is 0 Å². The molecule has 0 aliphatic rings. The lowest BCUT2D eigenvalue weighted by atomic mass is 10.2. The number of ether oxygens (including phenoxy) is 2. The fourth-order valence-electron chi connectivity index (χ4n) is 1.86. The van der Waals surface area contributed by atoms with Gasteiger partial charge in [0.15, 0.2) is 0 Å². The monoisotopic (exact) mass is 292 g/mol. The SMILES string of the molecule is CCOc1ncccc1NCc1c(Cl)cccc1OC. The van der Waals surface area contributed by atoms with Crippen LogP contribution in [-0.4, -0.2) is 18.7 Å². The standard InChI is InChI=1S/C15H17ClN2O2/c1-3-20-15-13(7-5-9-17-15)18-10-11-12(16)6-4-8-14(11)19-2/h4-9,18H,3,10H2,1-2H3. The topological polar surface area (TPSA) is 43.4 Å². The lowest BCUT2D eigenvalue weighted by molar-refractivity contribution is 0.328. The Hall–Kier alpha value is -1.94. The second-order valence-corrected chi connectivity index (χ2v) is 4.47. The number of hydrogen-bond donors (Lipinski definition) is 1. The zero-order valence-electron chi connectivity index (χ0n) is 11.5. The molecule has 2 aromatic rings. The van der Waals surface area contributed by atoms with Gasteiger partial charge in [0.25, 0.3) is 0 Å². The van der Waals surface area contributed by atoms with Gasteiger partial charge in [-0.05, 0) is 31.2 Å². The summed E-state index contributed by atoms with van der Waals surface area (Å²) in [4.78, 5) is 4.20. The van der Waals surface area contributed by atoms with Gasteiger partial charge in [-0.25, -0.2) is 4.98 Å². The van der Waals surface area contributed by atoms with Gasteiger partial charge in [0.05, 0.1) is 19.4 Å². The first-order valence-electron chi connectivity index (χ1n) is 6.39. The summed E-state index contributed by atoms with van der Waals surface area (Å²) in [6.07, 6.45) is 1.70. The predicted octanol–water partition coefficient (Wildman–Crippen LogP) is 3.75. The molecule has 4 nitrogen and oxygen atoms in total. The van der Waals surface area contributed by atoms with Gasteiger partial charge in [0, 0.05) is 23.3 Å². The van der Waals surface area contributed by atoms with Crippen LogP contribution in [0.25, 0.3) is 0 Å². The number of benzene rings is 1.